The van der Waals surface area contributed by atoms with Crippen molar-refractivity contribution in [1.82, 2.24) is 5.32 Å². The van der Waals surface area contributed by atoms with Crippen molar-refractivity contribution in [2.24, 2.45) is 0 Å². The largest absolute Gasteiger partial charge is 0.489 e. The van der Waals surface area contributed by atoms with Crippen molar-refractivity contribution in [3.8, 4) is 5.75 Å². The number of nitrogens with zero attached hydrogens (tertiary/aromatic N) is 1. The van der Waals surface area contributed by atoms with Crippen LogP contribution < -0.4 is 20.3 Å². The summed E-state index contributed by atoms with van der Waals surface area (Å²) in [6, 6.07) is 25.2. The molecule has 5 nitrogen and oxygen atoms in total. The number of carbonyl (C=O) groups excluding carboxylic acids is 1. The van der Waals surface area contributed by atoms with E-state index in [2.05, 4.69) is 17.6 Å². The van der Waals surface area contributed by atoms with E-state index in [-0.39, 0.29) is 5.91 Å². The Hall–Kier alpha value is -3.31. The van der Waals surface area contributed by atoms with Crippen molar-refractivity contribution in [2.45, 2.75) is 26.4 Å². The molecule has 1 amide bonds. The highest BCUT2D eigenvalue weighted by molar-refractivity contribution is 6.05. The summed E-state index contributed by atoms with van der Waals surface area (Å²) >= 11 is 0. The van der Waals surface area contributed by atoms with E-state index in [9.17, 15) is 4.79 Å². The Balaban J connectivity index is 0.00000114. The zero-order valence-corrected chi connectivity index (χ0v) is 19.6. The molecule has 0 aromatic heterocycles. The average molecular weight is 434 g/mol. The number of unbranched alkanes of at least 4 members (excludes halogenated alkanes) is 1. The lowest BCUT2D eigenvalue weighted by atomic mass is 10.1. The molecule has 3 aromatic rings. The zero-order chi connectivity index (χ0) is 23.2. The molecule has 32 heavy (non-hydrogen) atoms. The van der Waals surface area contributed by atoms with E-state index >= 15 is 0 Å². The van der Waals surface area contributed by atoms with Crippen molar-refractivity contribution in [2.75, 3.05) is 37.9 Å². The van der Waals surface area contributed by atoms with Gasteiger partial charge in [0.25, 0.3) is 5.91 Å². The van der Waals surface area contributed by atoms with Crippen molar-refractivity contribution in [3.05, 3.63) is 90.0 Å². The van der Waals surface area contributed by atoms with Crippen molar-refractivity contribution >= 4 is 17.3 Å². The van der Waals surface area contributed by atoms with E-state index in [0.717, 1.165) is 35.7 Å². The van der Waals surface area contributed by atoms with Gasteiger partial charge in [-0.2, -0.15) is 0 Å². The second kappa shape index (κ2) is 13.9. The van der Waals surface area contributed by atoms with Gasteiger partial charge >= 0.3 is 0 Å². The fourth-order valence-electron chi connectivity index (χ4n) is 2.96. The first-order valence-corrected chi connectivity index (χ1v) is 11.1. The van der Waals surface area contributed by atoms with Gasteiger partial charge in [0.15, 0.2) is 0 Å². The van der Waals surface area contributed by atoms with Gasteiger partial charge in [-0.15, -0.1) is 0 Å². The maximum atomic E-state index is 12.8. The number of nitrogens with one attached hydrogen (secondary N) is 2. The van der Waals surface area contributed by atoms with Crippen LogP contribution in [-0.4, -0.2) is 33.6 Å². The van der Waals surface area contributed by atoms with E-state index < -0.39 is 0 Å². The standard InChI is InChI=1S/C25H28N2O2.C2H7N/c1-3-4-18-26-22-12-14-23(15-13-22)27(2)25(28)21-10-16-24(17-11-21)29-19-20-8-6-5-7-9-20;1-3-2/h5-17,26H,3-4,18-19H2,1-2H3;3H,1-2H3. The quantitative estimate of drug-likeness (QED) is 0.432. The normalized spacial score (nSPS) is 10.0. The molecule has 0 unspecified atom stereocenters. The Morgan fingerprint density at radius 2 is 1.53 bits per heavy atom. The Bertz CT molecular complexity index is 910. The lowest BCUT2D eigenvalue weighted by molar-refractivity contribution is 0.0993. The first-order valence-electron chi connectivity index (χ1n) is 11.1. The minimum atomic E-state index is -0.0497. The van der Waals surface area contributed by atoms with Gasteiger partial charge in [-0.1, -0.05) is 43.7 Å². The van der Waals surface area contributed by atoms with E-state index in [1.807, 2.05) is 80.8 Å². The van der Waals surface area contributed by atoms with E-state index in [0.29, 0.717) is 12.2 Å². The monoisotopic (exact) mass is 433 g/mol. The minimum absolute atomic E-state index is 0.0497. The van der Waals surface area contributed by atoms with Gasteiger partial charge in [0, 0.05) is 30.5 Å². The summed E-state index contributed by atoms with van der Waals surface area (Å²) in [6.07, 6.45) is 2.31. The van der Waals surface area contributed by atoms with E-state index in [4.69, 9.17) is 4.74 Å². The maximum Gasteiger partial charge on any atom is 0.258 e. The smallest absolute Gasteiger partial charge is 0.258 e. The number of carbonyl (C=O) groups is 1. The van der Waals surface area contributed by atoms with Crippen LogP contribution in [0, 0.1) is 0 Å². The lowest BCUT2D eigenvalue weighted by Crippen LogP contribution is -2.26. The summed E-state index contributed by atoms with van der Waals surface area (Å²) in [7, 11) is 5.54. The third kappa shape index (κ3) is 8.08. The highest BCUT2D eigenvalue weighted by Gasteiger charge is 2.13. The van der Waals surface area contributed by atoms with Crippen LogP contribution in [-0.2, 0) is 6.61 Å². The fourth-order valence-corrected chi connectivity index (χ4v) is 2.96. The maximum absolute atomic E-state index is 12.8. The predicted octanol–water partition coefficient (Wildman–Crippen LogP) is 5.59. The molecular weight excluding hydrogens is 398 g/mol. The summed E-state index contributed by atoms with van der Waals surface area (Å²) in [6.45, 7) is 3.64. The SMILES string of the molecule is CCCCNc1ccc(N(C)C(=O)c2ccc(OCc3ccccc3)cc2)cc1.CNC. The van der Waals surface area contributed by atoms with Crippen molar-refractivity contribution < 1.29 is 9.53 Å². The Labute approximate surface area is 192 Å². The van der Waals surface area contributed by atoms with Gasteiger partial charge in [-0.05, 0) is 74.6 Å². The minimum Gasteiger partial charge on any atom is -0.489 e. The summed E-state index contributed by atoms with van der Waals surface area (Å²) in [5.41, 5.74) is 3.67. The van der Waals surface area contributed by atoms with Crippen LogP contribution >= 0.6 is 0 Å². The van der Waals surface area contributed by atoms with Gasteiger partial charge < -0.3 is 20.3 Å². The zero-order valence-electron chi connectivity index (χ0n) is 19.6. The number of hydrogen-bond acceptors (Lipinski definition) is 4. The lowest BCUT2D eigenvalue weighted by Gasteiger charge is -2.18. The fraction of sp³-hybridized carbons (Fsp3) is 0.296. The Morgan fingerprint density at radius 3 is 2.12 bits per heavy atom. The Morgan fingerprint density at radius 1 is 0.906 bits per heavy atom. The van der Waals surface area contributed by atoms with Gasteiger partial charge in [0.05, 0.1) is 0 Å². The molecule has 170 valence electrons. The van der Waals surface area contributed by atoms with Crippen LogP contribution in [0.25, 0.3) is 0 Å². The Kier molecular flexibility index (Phi) is 10.8. The molecule has 0 bridgehead atoms. The summed E-state index contributed by atoms with van der Waals surface area (Å²) in [5.74, 6) is 0.696. The molecule has 3 rings (SSSR count). The number of hydrogen-bond donors (Lipinski definition) is 2. The van der Waals surface area contributed by atoms with E-state index in [1.54, 1.807) is 24.1 Å². The molecule has 0 atom stereocenters. The molecule has 0 aliphatic carbocycles. The molecular formula is C27H35N3O2. The van der Waals surface area contributed by atoms with Gasteiger partial charge in [0.2, 0.25) is 0 Å². The molecule has 0 heterocycles. The molecule has 0 saturated carbocycles. The van der Waals surface area contributed by atoms with Crippen LogP contribution in [0.4, 0.5) is 11.4 Å². The number of amides is 1. The molecule has 0 aliphatic heterocycles. The second-order valence-electron chi connectivity index (χ2n) is 7.49. The van der Waals surface area contributed by atoms with Crippen LogP contribution in [0.1, 0.15) is 35.7 Å². The number of rotatable bonds is 9. The molecule has 0 saturated heterocycles. The van der Waals surface area contributed by atoms with Crippen molar-refractivity contribution in [3.63, 3.8) is 0 Å². The second-order valence-corrected chi connectivity index (χ2v) is 7.49. The molecule has 3 aromatic carbocycles. The molecule has 0 radical (unpaired) electrons. The summed E-state index contributed by atoms with van der Waals surface area (Å²) in [4.78, 5) is 14.5. The van der Waals surface area contributed by atoms with Crippen LogP contribution in [0.3, 0.4) is 0 Å². The molecule has 0 fully saturated rings. The highest BCUT2D eigenvalue weighted by atomic mass is 16.5. The van der Waals surface area contributed by atoms with Gasteiger partial charge in [-0.25, -0.2) is 0 Å². The van der Waals surface area contributed by atoms with Crippen LogP contribution in [0.5, 0.6) is 5.75 Å². The topological polar surface area (TPSA) is 53.6 Å². The van der Waals surface area contributed by atoms with Crippen LogP contribution in [0.2, 0.25) is 0 Å². The predicted molar refractivity (Wildman–Crippen MR) is 135 cm³/mol. The molecule has 5 heteroatoms. The van der Waals surface area contributed by atoms with Gasteiger partial charge in [0.1, 0.15) is 12.4 Å². The van der Waals surface area contributed by atoms with Gasteiger partial charge in [-0.3, -0.25) is 4.79 Å². The third-order valence-electron chi connectivity index (χ3n) is 4.77. The average Bonchev–Trinajstić information content (AvgIpc) is 2.84. The van der Waals surface area contributed by atoms with Crippen LogP contribution in [0.15, 0.2) is 78.9 Å². The summed E-state index contributed by atoms with van der Waals surface area (Å²) < 4.78 is 5.79. The number of ether oxygens (including phenoxy) is 1. The molecule has 0 spiro atoms. The first-order chi connectivity index (χ1) is 15.6. The highest BCUT2D eigenvalue weighted by Crippen LogP contribution is 2.20. The first kappa shape index (κ1) is 25.0. The number of benzene rings is 3. The van der Waals surface area contributed by atoms with E-state index in [1.165, 1.54) is 6.42 Å². The molecule has 2 N–H and O–H groups in total. The van der Waals surface area contributed by atoms with Crippen molar-refractivity contribution in [1.29, 1.82) is 0 Å². The summed E-state index contributed by atoms with van der Waals surface area (Å²) in [5, 5.41) is 6.14. The number of anilines is 2. The molecule has 0 aliphatic rings. The third-order valence-corrected chi connectivity index (χ3v) is 4.77.